The normalized spacial score (nSPS) is 15.5. The number of benzene rings is 1. The fourth-order valence-corrected chi connectivity index (χ4v) is 4.34. The van der Waals surface area contributed by atoms with Crippen molar-refractivity contribution in [2.24, 2.45) is 0 Å². The zero-order chi connectivity index (χ0) is 24.7. The molecule has 5 rings (SSSR count). The molecule has 0 aliphatic carbocycles. The number of piperidine rings is 1. The van der Waals surface area contributed by atoms with Gasteiger partial charge in [-0.1, -0.05) is 30.3 Å². The molecule has 0 radical (unpaired) electrons. The standard InChI is InChI=1S/C26H34N4O4/c1-25(2,3)33-23(31)30(24(32)34-26(4,5)6)28-20-16-19(17-10-8-7-9-11-17)22-21(27-20)18-12-14-29(22)15-13-18/h7-11,16,18H,12-15H2,1-6H3,(H,27,28). The number of fused-ring (bicyclic) bond motifs is 2. The Labute approximate surface area is 201 Å². The Balaban J connectivity index is 1.75. The first-order chi connectivity index (χ1) is 15.9. The van der Waals surface area contributed by atoms with E-state index in [0.717, 1.165) is 53.4 Å². The molecule has 4 heterocycles. The number of aromatic nitrogens is 1. The van der Waals surface area contributed by atoms with Gasteiger partial charge >= 0.3 is 12.2 Å². The van der Waals surface area contributed by atoms with Crippen LogP contribution >= 0.6 is 0 Å². The molecule has 0 atom stereocenters. The lowest BCUT2D eigenvalue weighted by atomic mass is 9.84. The molecular formula is C26H34N4O4. The van der Waals surface area contributed by atoms with Crippen LogP contribution in [0.5, 0.6) is 0 Å². The highest BCUT2D eigenvalue weighted by atomic mass is 16.6. The smallest absolute Gasteiger partial charge is 0.439 e. The SMILES string of the molecule is CC(C)(C)OC(=O)N(Nc1cc(-c2ccccc2)c2c(n1)C1CCN2CC1)C(=O)OC(C)(C)C. The van der Waals surface area contributed by atoms with Crippen LogP contribution in [0.2, 0.25) is 0 Å². The van der Waals surface area contributed by atoms with Gasteiger partial charge in [0.15, 0.2) is 0 Å². The van der Waals surface area contributed by atoms with Gasteiger partial charge < -0.3 is 14.4 Å². The minimum absolute atomic E-state index is 0.348. The number of hydrogen-bond donors (Lipinski definition) is 1. The third-order valence-electron chi connectivity index (χ3n) is 5.68. The lowest BCUT2D eigenvalue weighted by Crippen LogP contribution is -2.47. The van der Waals surface area contributed by atoms with Gasteiger partial charge in [0, 0.05) is 24.6 Å². The Hall–Kier alpha value is -3.29. The van der Waals surface area contributed by atoms with E-state index in [1.54, 1.807) is 41.5 Å². The van der Waals surface area contributed by atoms with Gasteiger partial charge in [0.2, 0.25) is 0 Å². The Bertz CT molecular complexity index is 1040. The fraction of sp³-hybridized carbons (Fsp3) is 0.500. The molecule has 0 spiro atoms. The van der Waals surface area contributed by atoms with Gasteiger partial charge in [0.1, 0.15) is 17.0 Å². The van der Waals surface area contributed by atoms with E-state index in [4.69, 9.17) is 14.5 Å². The van der Waals surface area contributed by atoms with Crippen molar-refractivity contribution in [1.82, 2.24) is 9.99 Å². The lowest BCUT2D eigenvalue weighted by molar-refractivity contribution is 0.00633. The summed E-state index contributed by atoms with van der Waals surface area (Å²) in [6.45, 7) is 12.5. The molecule has 1 fully saturated rings. The minimum Gasteiger partial charge on any atom is -0.442 e. The number of ether oxygens (including phenoxy) is 2. The summed E-state index contributed by atoms with van der Waals surface area (Å²) >= 11 is 0. The van der Waals surface area contributed by atoms with Crippen LogP contribution in [-0.4, -0.2) is 46.5 Å². The number of rotatable bonds is 3. The molecule has 1 saturated heterocycles. The summed E-state index contributed by atoms with van der Waals surface area (Å²) in [6, 6.07) is 12.0. The van der Waals surface area contributed by atoms with E-state index in [1.807, 2.05) is 24.3 Å². The topological polar surface area (TPSA) is 84.0 Å². The average Bonchev–Trinajstić information content (AvgIpc) is 2.76. The average molecular weight is 467 g/mol. The number of anilines is 2. The van der Waals surface area contributed by atoms with Crippen LogP contribution in [0.15, 0.2) is 36.4 Å². The quantitative estimate of drug-likeness (QED) is 0.560. The molecule has 1 aromatic heterocycles. The summed E-state index contributed by atoms with van der Waals surface area (Å²) in [5, 5.41) is 0.765. The number of amides is 2. The molecule has 2 amide bonds. The molecule has 2 aromatic rings. The zero-order valence-corrected chi connectivity index (χ0v) is 20.8. The second-order valence-electron chi connectivity index (χ2n) is 10.8. The highest BCUT2D eigenvalue weighted by Gasteiger charge is 2.36. The maximum atomic E-state index is 13.0. The van der Waals surface area contributed by atoms with Gasteiger partial charge in [-0.2, -0.15) is 0 Å². The Morgan fingerprint density at radius 2 is 1.53 bits per heavy atom. The maximum absolute atomic E-state index is 13.0. The van der Waals surface area contributed by atoms with Crippen molar-refractivity contribution < 1.29 is 19.1 Å². The summed E-state index contributed by atoms with van der Waals surface area (Å²) in [4.78, 5) is 33.2. The summed E-state index contributed by atoms with van der Waals surface area (Å²) in [6.07, 6.45) is 0.375. The molecule has 8 nitrogen and oxygen atoms in total. The van der Waals surface area contributed by atoms with Gasteiger partial charge in [-0.15, -0.1) is 5.01 Å². The van der Waals surface area contributed by atoms with Crippen LogP contribution in [0.3, 0.4) is 0 Å². The molecular weight excluding hydrogens is 432 g/mol. The summed E-state index contributed by atoms with van der Waals surface area (Å²) in [7, 11) is 0. The molecule has 1 N–H and O–H groups in total. The molecule has 3 aliphatic heterocycles. The van der Waals surface area contributed by atoms with Gasteiger partial charge in [-0.3, -0.25) is 5.43 Å². The first-order valence-electron chi connectivity index (χ1n) is 11.8. The van der Waals surface area contributed by atoms with E-state index in [-0.39, 0.29) is 0 Å². The molecule has 3 aliphatic rings. The van der Waals surface area contributed by atoms with E-state index in [9.17, 15) is 9.59 Å². The maximum Gasteiger partial charge on any atom is 0.439 e. The molecule has 8 heteroatoms. The Morgan fingerprint density at radius 3 is 2.06 bits per heavy atom. The number of pyridine rings is 1. The monoisotopic (exact) mass is 466 g/mol. The highest BCUT2D eigenvalue weighted by Crippen LogP contribution is 2.47. The van der Waals surface area contributed by atoms with Gasteiger partial charge in [0.05, 0.1) is 11.4 Å². The summed E-state index contributed by atoms with van der Waals surface area (Å²) in [5.74, 6) is 0.740. The number of nitrogens with zero attached hydrogens (tertiary/aromatic N) is 3. The number of hydrogen-bond acceptors (Lipinski definition) is 7. The van der Waals surface area contributed by atoms with Crippen LogP contribution in [0, 0.1) is 0 Å². The van der Waals surface area contributed by atoms with Crippen molar-refractivity contribution >= 4 is 23.7 Å². The van der Waals surface area contributed by atoms with Crippen LogP contribution in [0.25, 0.3) is 11.1 Å². The minimum atomic E-state index is -0.854. The first-order valence-corrected chi connectivity index (χ1v) is 11.8. The van der Waals surface area contributed by atoms with E-state index in [2.05, 4.69) is 22.5 Å². The lowest BCUT2D eigenvalue weighted by Gasteiger charge is -2.42. The van der Waals surface area contributed by atoms with Crippen molar-refractivity contribution in [2.75, 3.05) is 23.4 Å². The van der Waals surface area contributed by atoms with Gasteiger partial charge in [-0.25, -0.2) is 14.6 Å². The van der Waals surface area contributed by atoms with Crippen LogP contribution < -0.4 is 10.3 Å². The van der Waals surface area contributed by atoms with Crippen molar-refractivity contribution in [1.29, 1.82) is 0 Å². The van der Waals surface area contributed by atoms with Crippen LogP contribution in [-0.2, 0) is 9.47 Å². The molecule has 0 unspecified atom stereocenters. The molecule has 2 bridgehead atoms. The van der Waals surface area contributed by atoms with Crippen molar-refractivity contribution in [3.8, 4) is 11.1 Å². The number of nitrogens with one attached hydrogen (secondary N) is 1. The third kappa shape index (κ3) is 5.26. The predicted octanol–water partition coefficient (Wildman–Crippen LogP) is 5.95. The van der Waals surface area contributed by atoms with Gasteiger partial charge in [0.25, 0.3) is 0 Å². The first kappa shape index (κ1) is 23.9. The van der Waals surface area contributed by atoms with E-state index in [0.29, 0.717) is 11.7 Å². The van der Waals surface area contributed by atoms with Crippen molar-refractivity contribution in [2.45, 2.75) is 71.5 Å². The Morgan fingerprint density at radius 1 is 0.971 bits per heavy atom. The number of carbonyl (C=O) groups is 2. The zero-order valence-electron chi connectivity index (χ0n) is 20.8. The number of hydrazine groups is 1. The van der Waals surface area contributed by atoms with Crippen LogP contribution in [0.1, 0.15) is 66.0 Å². The van der Waals surface area contributed by atoms with E-state index < -0.39 is 23.4 Å². The number of carbonyl (C=O) groups excluding carboxylic acids is 2. The molecule has 182 valence electrons. The van der Waals surface area contributed by atoms with Crippen molar-refractivity contribution in [3.05, 3.63) is 42.1 Å². The van der Waals surface area contributed by atoms with Crippen LogP contribution in [0.4, 0.5) is 21.1 Å². The van der Waals surface area contributed by atoms with E-state index >= 15 is 0 Å². The summed E-state index contributed by atoms with van der Waals surface area (Å²) < 4.78 is 10.9. The second kappa shape index (κ2) is 8.81. The number of imide groups is 1. The molecule has 0 saturated carbocycles. The Kier molecular flexibility index (Phi) is 6.18. The largest absolute Gasteiger partial charge is 0.442 e. The predicted molar refractivity (Wildman–Crippen MR) is 132 cm³/mol. The second-order valence-corrected chi connectivity index (χ2v) is 10.8. The highest BCUT2D eigenvalue weighted by molar-refractivity contribution is 5.90. The molecule has 1 aromatic carbocycles. The summed E-state index contributed by atoms with van der Waals surface area (Å²) in [5.41, 5.74) is 5.53. The van der Waals surface area contributed by atoms with Crippen molar-refractivity contribution in [3.63, 3.8) is 0 Å². The van der Waals surface area contributed by atoms with Gasteiger partial charge in [-0.05, 0) is 66.0 Å². The fourth-order valence-electron chi connectivity index (χ4n) is 4.34. The third-order valence-corrected chi connectivity index (χ3v) is 5.68. The van der Waals surface area contributed by atoms with E-state index in [1.165, 1.54) is 0 Å². The molecule has 34 heavy (non-hydrogen) atoms.